The molecule has 2 N–H and O–H groups in total. The highest BCUT2D eigenvalue weighted by Crippen LogP contribution is 2.23. The smallest absolute Gasteiger partial charge is 0.329 e. The van der Waals surface area contributed by atoms with Crippen LogP contribution in [0, 0.1) is 0 Å². The Balaban J connectivity index is 2.72. The Bertz CT molecular complexity index is 529. The van der Waals surface area contributed by atoms with Gasteiger partial charge < -0.3 is 15.2 Å². The number of methoxy groups -OCH3 is 1. The number of ether oxygens (including phenoxy) is 1. The summed E-state index contributed by atoms with van der Waals surface area (Å²) in [4.78, 5) is 23.5. The lowest BCUT2D eigenvalue weighted by Crippen LogP contribution is -2.52. The summed E-state index contributed by atoms with van der Waals surface area (Å²) < 4.78 is 5.18. The lowest BCUT2D eigenvalue weighted by molar-refractivity contribution is -0.147. The highest BCUT2D eigenvalue weighted by Gasteiger charge is 2.33. The molecule has 0 aliphatic carbocycles. The summed E-state index contributed by atoms with van der Waals surface area (Å²) in [6.07, 6.45) is 1.33. The molecule has 2 unspecified atom stereocenters. The Labute approximate surface area is 131 Å². The van der Waals surface area contributed by atoms with Crippen LogP contribution in [0.15, 0.2) is 24.3 Å². The highest BCUT2D eigenvalue weighted by atomic mass is 16.5. The Morgan fingerprint density at radius 2 is 2.09 bits per heavy atom. The van der Waals surface area contributed by atoms with Crippen LogP contribution in [-0.4, -0.2) is 29.6 Å². The van der Waals surface area contributed by atoms with Gasteiger partial charge in [0.2, 0.25) is 5.91 Å². The van der Waals surface area contributed by atoms with E-state index < -0.39 is 11.5 Å². The Hall–Kier alpha value is -2.04. The maximum absolute atomic E-state index is 12.2. The van der Waals surface area contributed by atoms with Crippen LogP contribution in [0.5, 0.6) is 5.75 Å². The molecule has 0 heterocycles. The van der Waals surface area contributed by atoms with Crippen LogP contribution < -0.4 is 10.1 Å². The third-order valence-corrected chi connectivity index (χ3v) is 3.79. The summed E-state index contributed by atoms with van der Waals surface area (Å²) in [6.45, 7) is 5.38. The van der Waals surface area contributed by atoms with Gasteiger partial charge in [0.1, 0.15) is 11.3 Å². The standard InChI is InChI=1S/C17H25NO4/c1-5-9-17(3,16(20)21)18-15(19)10-12(2)13-7-6-8-14(11-13)22-4/h6-8,11-12H,5,9-10H2,1-4H3,(H,18,19)(H,20,21). The van der Waals surface area contributed by atoms with E-state index in [1.807, 2.05) is 38.1 Å². The Morgan fingerprint density at radius 3 is 2.64 bits per heavy atom. The number of rotatable bonds is 8. The first-order valence-corrected chi connectivity index (χ1v) is 7.50. The first-order valence-electron chi connectivity index (χ1n) is 7.50. The number of benzene rings is 1. The molecule has 0 fully saturated rings. The van der Waals surface area contributed by atoms with Crippen molar-refractivity contribution in [1.82, 2.24) is 5.32 Å². The van der Waals surface area contributed by atoms with E-state index in [1.54, 1.807) is 14.0 Å². The molecule has 0 aliphatic rings. The molecule has 1 aromatic carbocycles. The molecule has 0 aliphatic heterocycles. The maximum Gasteiger partial charge on any atom is 0.329 e. The fraction of sp³-hybridized carbons (Fsp3) is 0.529. The van der Waals surface area contributed by atoms with Gasteiger partial charge in [-0.2, -0.15) is 0 Å². The highest BCUT2D eigenvalue weighted by molar-refractivity contribution is 5.86. The Kier molecular flexibility index (Phi) is 6.40. The van der Waals surface area contributed by atoms with E-state index in [-0.39, 0.29) is 18.2 Å². The Morgan fingerprint density at radius 1 is 1.41 bits per heavy atom. The average molecular weight is 307 g/mol. The van der Waals surface area contributed by atoms with Crippen LogP contribution in [-0.2, 0) is 9.59 Å². The molecule has 5 nitrogen and oxygen atoms in total. The van der Waals surface area contributed by atoms with Crippen LogP contribution in [0.4, 0.5) is 0 Å². The number of hydrogen-bond donors (Lipinski definition) is 2. The van der Waals surface area contributed by atoms with Crippen molar-refractivity contribution in [2.24, 2.45) is 0 Å². The maximum atomic E-state index is 12.2. The zero-order valence-corrected chi connectivity index (χ0v) is 13.7. The van der Waals surface area contributed by atoms with Crippen molar-refractivity contribution >= 4 is 11.9 Å². The van der Waals surface area contributed by atoms with E-state index >= 15 is 0 Å². The van der Waals surface area contributed by atoms with Crippen LogP contribution in [0.2, 0.25) is 0 Å². The van der Waals surface area contributed by atoms with Crippen LogP contribution in [0.1, 0.15) is 51.5 Å². The molecular weight excluding hydrogens is 282 g/mol. The molecule has 22 heavy (non-hydrogen) atoms. The number of carbonyl (C=O) groups is 2. The number of carboxylic acids is 1. The van der Waals surface area contributed by atoms with Gasteiger partial charge in [0, 0.05) is 6.42 Å². The van der Waals surface area contributed by atoms with Gasteiger partial charge in [0.25, 0.3) is 0 Å². The van der Waals surface area contributed by atoms with Crippen molar-refractivity contribution in [3.05, 3.63) is 29.8 Å². The zero-order chi connectivity index (χ0) is 16.8. The van der Waals surface area contributed by atoms with Gasteiger partial charge in [-0.1, -0.05) is 32.4 Å². The van der Waals surface area contributed by atoms with Gasteiger partial charge in [0.05, 0.1) is 7.11 Å². The minimum absolute atomic E-state index is 0.0187. The van der Waals surface area contributed by atoms with E-state index in [1.165, 1.54) is 0 Å². The van der Waals surface area contributed by atoms with Crippen LogP contribution in [0.25, 0.3) is 0 Å². The number of nitrogens with one attached hydrogen (secondary N) is 1. The van der Waals surface area contributed by atoms with Gasteiger partial charge in [-0.25, -0.2) is 4.79 Å². The SMILES string of the molecule is CCCC(C)(NC(=O)CC(C)c1cccc(OC)c1)C(=O)O. The molecule has 0 saturated carbocycles. The van der Waals surface area contributed by atoms with Crippen LogP contribution >= 0.6 is 0 Å². The molecule has 0 spiro atoms. The minimum atomic E-state index is -1.21. The van der Waals surface area contributed by atoms with Gasteiger partial charge in [0.15, 0.2) is 0 Å². The van der Waals surface area contributed by atoms with E-state index in [4.69, 9.17) is 4.74 Å². The van der Waals surface area contributed by atoms with Gasteiger partial charge in [-0.15, -0.1) is 0 Å². The predicted molar refractivity (Wildman–Crippen MR) is 85.1 cm³/mol. The van der Waals surface area contributed by atoms with Crippen LogP contribution in [0.3, 0.4) is 0 Å². The fourth-order valence-electron chi connectivity index (χ4n) is 2.43. The molecule has 0 saturated heterocycles. The summed E-state index contributed by atoms with van der Waals surface area (Å²) in [7, 11) is 1.60. The molecule has 1 aromatic rings. The van der Waals surface area contributed by atoms with Crippen molar-refractivity contribution in [2.75, 3.05) is 7.11 Å². The lowest BCUT2D eigenvalue weighted by atomic mass is 9.93. The van der Waals surface area contributed by atoms with Gasteiger partial charge in [-0.3, -0.25) is 4.79 Å². The predicted octanol–water partition coefficient (Wildman–Crippen LogP) is 2.95. The summed E-state index contributed by atoms with van der Waals surface area (Å²) >= 11 is 0. The molecule has 122 valence electrons. The van der Waals surface area contributed by atoms with Gasteiger partial charge in [-0.05, 0) is 37.0 Å². The molecule has 0 bridgehead atoms. The summed E-state index contributed by atoms with van der Waals surface area (Å²) in [5.74, 6) is -0.536. The van der Waals surface area contributed by atoms with E-state index in [0.29, 0.717) is 12.8 Å². The second-order valence-corrected chi connectivity index (χ2v) is 5.82. The average Bonchev–Trinajstić information content (AvgIpc) is 2.47. The van der Waals surface area contributed by atoms with Crippen molar-refractivity contribution < 1.29 is 19.4 Å². The number of amides is 1. The molecule has 2 atom stereocenters. The lowest BCUT2D eigenvalue weighted by Gasteiger charge is -2.26. The second-order valence-electron chi connectivity index (χ2n) is 5.82. The molecule has 5 heteroatoms. The van der Waals surface area contributed by atoms with E-state index in [2.05, 4.69) is 5.32 Å². The normalized spacial score (nSPS) is 14.7. The molecule has 0 aromatic heterocycles. The third kappa shape index (κ3) is 4.76. The van der Waals surface area contributed by atoms with Crippen molar-refractivity contribution in [3.8, 4) is 5.75 Å². The molecule has 1 rings (SSSR count). The molecule has 1 amide bonds. The number of hydrogen-bond acceptors (Lipinski definition) is 3. The van der Waals surface area contributed by atoms with E-state index in [9.17, 15) is 14.7 Å². The fourth-order valence-corrected chi connectivity index (χ4v) is 2.43. The van der Waals surface area contributed by atoms with Gasteiger partial charge >= 0.3 is 5.97 Å². The summed E-state index contributed by atoms with van der Waals surface area (Å²) in [5.41, 5.74) is -0.220. The number of aliphatic carboxylic acids is 1. The molecule has 0 radical (unpaired) electrons. The van der Waals surface area contributed by atoms with E-state index in [0.717, 1.165) is 11.3 Å². The first kappa shape index (κ1) is 18.0. The van der Waals surface area contributed by atoms with Crippen molar-refractivity contribution in [2.45, 2.75) is 51.5 Å². The molecular formula is C17H25NO4. The quantitative estimate of drug-likeness (QED) is 0.774. The largest absolute Gasteiger partial charge is 0.497 e. The third-order valence-electron chi connectivity index (χ3n) is 3.79. The first-order chi connectivity index (χ1) is 10.3. The summed E-state index contributed by atoms with van der Waals surface area (Å²) in [5, 5.41) is 12.0. The topological polar surface area (TPSA) is 75.6 Å². The van der Waals surface area contributed by atoms with Crippen molar-refractivity contribution in [1.29, 1.82) is 0 Å². The monoisotopic (exact) mass is 307 g/mol. The van der Waals surface area contributed by atoms with Crippen molar-refractivity contribution in [3.63, 3.8) is 0 Å². The number of carbonyl (C=O) groups excluding carboxylic acids is 1. The minimum Gasteiger partial charge on any atom is -0.497 e. The zero-order valence-electron chi connectivity index (χ0n) is 13.7. The summed E-state index contributed by atoms with van der Waals surface area (Å²) in [6, 6.07) is 7.54. The second kappa shape index (κ2) is 7.82. The number of carboxylic acid groups (broad SMARTS) is 1.